The van der Waals surface area contributed by atoms with Gasteiger partial charge in [-0.15, -0.1) is 0 Å². The van der Waals surface area contributed by atoms with Crippen LogP contribution in [0, 0.1) is 6.92 Å². The van der Waals surface area contributed by atoms with Gasteiger partial charge in [-0.25, -0.2) is 4.98 Å². The lowest BCUT2D eigenvalue weighted by Gasteiger charge is -2.33. The Morgan fingerprint density at radius 2 is 2.08 bits per heavy atom. The Kier molecular flexibility index (Phi) is 3.63. The molecule has 1 fully saturated rings. The molecule has 0 aromatic carbocycles. The monoisotopic (exact) mass is 338 g/mol. The van der Waals surface area contributed by atoms with Gasteiger partial charge in [-0.1, -0.05) is 6.07 Å². The highest BCUT2D eigenvalue weighted by Crippen LogP contribution is 2.22. The van der Waals surface area contributed by atoms with Gasteiger partial charge in [0.1, 0.15) is 17.0 Å². The molecule has 6 heteroatoms. The van der Waals surface area contributed by atoms with Gasteiger partial charge < -0.3 is 9.47 Å². The first-order valence-electron chi connectivity index (χ1n) is 8.77. The predicted octanol–water partition coefficient (Wildman–Crippen LogP) is 2.51. The Bertz CT molecular complexity index is 1050. The third-order valence-corrected chi connectivity index (χ3v) is 5.23. The molecule has 6 nitrogen and oxygen atoms in total. The van der Waals surface area contributed by atoms with E-state index in [1.54, 1.807) is 28.3 Å². The maximum atomic E-state index is 13.0. The van der Waals surface area contributed by atoms with Crippen LogP contribution in [0.15, 0.2) is 29.2 Å². The summed E-state index contributed by atoms with van der Waals surface area (Å²) in [5.41, 5.74) is 2.53. The zero-order chi connectivity index (χ0) is 17.7. The minimum absolute atomic E-state index is 0.0164. The largest absolute Gasteiger partial charge is 0.335 e. The molecule has 3 aromatic heterocycles. The van der Waals surface area contributed by atoms with Gasteiger partial charge >= 0.3 is 0 Å². The predicted molar refractivity (Wildman–Crippen MR) is 97.0 cm³/mol. The molecule has 0 spiro atoms. The SMILES string of the molecule is Cc1ccc2nc3c(cc(C(=O)N4CCCCC4C)n3C)c(=O)n2c1. The molecule has 0 radical (unpaired) electrons. The van der Waals surface area contributed by atoms with Crippen LogP contribution in [0.3, 0.4) is 0 Å². The number of aryl methyl sites for hydroxylation is 2. The summed E-state index contributed by atoms with van der Waals surface area (Å²) in [5, 5.41) is 0.485. The van der Waals surface area contributed by atoms with Crippen LogP contribution in [0.25, 0.3) is 16.7 Å². The van der Waals surface area contributed by atoms with Crippen LogP contribution >= 0.6 is 0 Å². The number of carbonyl (C=O) groups excluding carboxylic acids is 1. The molecule has 25 heavy (non-hydrogen) atoms. The van der Waals surface area contributed by atoms with E-state index in [0.717, 1.165) is 31.4 Å². The Morgan fingerprint density at radius 3 is 2.84 bits per heavy atom. The van der Waals surface area contributed by atoms with Crippen molar-refractivity contribution in [1.82, 2.24) is 18.9 Å². The molecule has 1 saturated heterocycles. The third kappa shape index (κ3) is 2.44. The van der Waals surface area contributed by atoms with E-state index < -0.39 is 0 Å². The lowest BCUT2D eigenvalue weighted by Crippen LogP contribution is -2.42. The molecule has 1 unspecified atom stereocenters. The second-order valence-corrected chi connectivity index (χ2v) is 7.02. The van der Waals surface area contributed by atoms with Crippen molar-refractivity contribution in [3.63, 3.8) is 0 Å². The van der Waals surface area contributed by atoms with Crippen LogP contribution in [-0.2, 0) is 7.05 Å². The lowest BCUT2D eigenvalue weighted by atomic mass is 10.0. The average Bonchev–Trinajstić information content (AvgIpc) is 2.93. The molecule has 1 aliphatic heterocycles. The summed E-state index contributed by atoms with van der Waals surface area (Å²) < 4.78 is 3.30. The molecule has 4 rings (SSSR count). The van der Waals surface area contributed by atoms with E-state index in [4.69, 9.17) is 0 Å². The van der Waals surface area contributed by atoms with Crippen LogP contribution in [-0.4, -0.2) is 37.3 Å². The highest BCUT2D eigenvalue weighted by atomic mass is 16.2. The molecule has 1 aliphatic rings. The number of carbonyl (C=O) groups is 1. The highest BCUT2D eigenvalue weighted by Gasteiger charge is 2.27. The summed E-state index contributed by atoms with van der Waals surface area (Å²) in [4.78, 5) is 32.4. The lowest BCUT2D eigenvalue weighted by molar-refractivity contribution is 0.0626. The quantitative estimate of drug-likeness (QED) is 0.685. The first-order chi connectivity index (χ1) is 12.0. The second-order valence-electron chi connectivity index (χ2n) is 7.02. The minimum atomic E-state index is -0.134. The standard InChI is InChI=1S/C19H22N4O2/c1-12-7-8-16-20-17-14(18(24)23(16)11-12)10-15(21(17)3)19(25)22-9-5-4-6-13(22)2/h7-8,10-11,13H,4-6,9H2,1-3H3. The smallest absolute Gasteiger partial charge is 0.270 e. The second kappa shape index (κ2) is 5.72. The number of pyridine rings is 1. The summed E-state index contributed by atoms with van der Waals surface area (Å²) in [5.74, 6) is -0.0164. The van der Waals surface area contributed by atoms with Crippen LogP contribution in [0.4, 0.5) is 0 Å². The number of likely N-dealkylation sites (tertiary alicyclic amines) is 1. The number of fused-ring (bicyclic) bond motifs is 2. The maximum Gasteiger partial charge on any atom is 0.270 e. The zero-order valence-electron chi connectivity index (χ0n) is 14.8. The fourth-order valence-corrected chi connectivity index (χ4v) is 3.73. The molecule has 0 saturated carbocycles. The van der Waals surface area contributed by atoms with Crippen molar-refractivity contribution >= 4 is 22.6 Å². The van der Waals surface area contributed by atoms with Crippen molar-refractivity contribution < 1.29 is 4.79 Å². The normalized spacial score (nSPS) is 18.2. The summed E-state index contributed by atoms with van der Waals surface area (Å²) in [6.45, 7) is 4.80. The van der Waals surface area contributed by atoms with E-state index in [2.05, 4.69) is 11.9 Å². The van der Waals surface area contributed by atoms with Crippen molar-refractivity contribution in [3.05, 3.63) is 46.0 Å². The summed E-state index contributed by atoms with van der Waals surface area (Å²) in [7, 11) is 1.81. The minimum Gasteiger partial charge on any atom is -0.335 e. The topological polar surface area (TPSA) is 59.6 Å². The first kappa shape index (κ1) is 15.9. The summed E-state index contributed by atoms with van der Waals surface area (Å²) in [6, 6.07) is 5.69. The maximum absolute atomic E-state index is 13.0. The van der Waals surface area contributed by atoms with Crippen molar-refractivity contribution in [2.24, 2.45) is 7.05 Å². The van der Waals surface area contributed by atoms with Crippen molar-refractivity contribution in [1.29, 1.82) is 0 Å². The summed E-state index contributed by atoms with van der Waals surface area (Å²) in [6.07, 6.45) is 5.00. The number of rotatable bonds is 1. The molecular weight excluding hydrogens is 316 g/mol. The zero-order valence-corrected chi connectivity index (χ0v) is 14.8. The van der Waals surface area contributed by atoms with Gasteiger partial charge in [0.15, 0.2) is 0 Å². The van der Waals surface area contributed by atoms with Gasteiger partial charge in [0.25, 0.3) is 11.5 Å². The van der Waals surface area contributed by atoms with Gasteiger partial charge in [-0.2, -0.15) is 0 Å². The third-order valence-electron chi connectivity index (χ3n) is 5.23. The number of hydrogen-bond donors (Lipinski definition) is 0. The average molecular weight is 338 g/mol. The Hall–Kier alpha value is -2.63. The van der Waals surface area contributed by atoms with Crippen molar-refractivity contribution in [2.75, 3.05) is 6.54 Å². The van der Waals surface area contributed by atoms with Gasteiger partial charge in [-0.05, 0) is 50.8 Å². The number of nitrogens with zero attached hydrogens (tertiary/aromatic N) is 4. The number of aromatic nitrogens is 3. The van der Waals surface area contributed by atoms with E-state index in [1.165, 1.54) is 0 Å². The van der Waals surface area contributed by atoms with Crippen LogP contribution in [0.5, 0.6) is 0 Å². The molecule has 0 bridgehead atoms. The molecule has 1 atom stereocenters. The van der Waals surface area contributed by atoms with Crippen molar-refractivity contribution in [3.8, 4) is 0 Å². The molecule has 1 amide bonds. The molecule has 3 aromatic rings. The van der Waals surface area contributed by atoms with E-state index in [-0.39, 0.29) is 17.5 Å². The van der Waals surface area contributed by atoms with Crippen LogP contribution in [0.1, 0.15) is 42.2 Å². The Labute approximate surface area is 145 Å². The molecule has 4 heterocycles. The summed E-state index contributed by atoms with van der Waals surface area (Å²) >= 11 is 0. The Balaban J connectivity index is 1.90. The fourth-order valence-electron chi connectivity index (χ4n) is 3.73. The van der Waals surface area contributed by atoms with Crippen molar-refractivity contribution in [2.45, 2.75) is 39.2 Å². The number of hydrogen-bond acceptors (Lipinski definition) is 3. The highest BCUT2D eigenvalue weighted by molar-refractivity contribution is 5.98. The molecule has 0 aliphatic carbocycles. The van der Waals surface area contributed by atoms with Gasteiger partial charge in [-0.3, -0.25) is 14.0 Å². The number of piperidine rings is 1. The molecule has 130 valence electrons. The molecule has 0 N–H and O–H groups in total. The van der Waals surface area contributed by atoms with Gasteiger partial charge in [0.2, 0.25) is 0 Å². The fraction of sp³-hybridized carbons (Fsp3) is 0.421. The van der Waals surface area contributed by atoms with E-state index >= 15 is 0 Å². The van der Waals surface area contributed by atoms with E-state index in [9.17, 15) is 9.59 Å². The van der Waals surface area contributed by atoms with Crippen LogP contribution in [0.2, 0.25) is 0 Å². The molecular formula is C19H22N4O2. The van der Waals surface area contributed by atoms with Gasteiger partial charge in [0, 0.05) is 25.8 Å². The van der Waals surface area contributed by atoms with E-state index in [0.29, 0.717) is 22.4 Å². The first-order valence-corrected chi connectivity index (χ1v) is 8.77. The number of amides is 1. The van der Waals surface area contributed by atoms with E-state index in [1.807, 2.05) is 24.0 Å². The Morgan fingerprint density at radius 1 is 1.28 bits per heavy atom. The van der Waals surface area contributed by atoms with Crippen LogP contribution < -0.4 is 5.56 Å². The van der Waals surface area contributed by atoms with Gasteiger partial charge in [0.05, 0.1) is 5.39 Å².